The monoisotopic (exact) mass is 289 g/mol. The van der Waals surface area contributed by atoms with Crippen LogP contribution in [-0.2, 0) is 19.5 Å². The molecule has 0 amide bonds. The van der Waals surface area contributed by atoms with Gasteiger partial charge in [0.15, 0.2) is 0 Å². The summed E-state index contributed by atoms with van der Waals surface area (Å²) >= 11 is 0. The summed E-state index contributed by atoms with van der Waals surface area (Å²) in [6, 6.07) is 2.39. The molecule has 2 aromatic rings. The van der Waals surface area contributed by atoms with E-state index in [1.807, 2.05) is 10.9 Å². The van der Waals surface area contributed by atoms with E-state index in [0.29, 0.717) is 0 Å². The molecule has 116 valence electrons. The Kier molecular flexibility index (Phi) is 5.56. The van der Waals surface area contributed by atoms with Crippen LogP contribution in [0.4, 0.5) is 0 Å². The molecule has 1 N–H and O–H groups in total. The Morgan fingerprint density at radius 1 is 1.19 bits per heavy atom. The SMILES string of the molecule is CCCNC(c1cnn(CC)c1)c1cc(CC)nn1CC. The molecule has 0 spiro atoms. The van der Waals surface area contributed by atoms with E-state index < -0.39 is 0 Å². The van der Waals surface area contributed by atoms with Gasteiger partial charge >= 0.3 is 0 Å². The summed E-state index contributed by atoms with van der Waals surface area (Å²) in [5.74, 6) is 0. The molecule has 0 saturated heterocycles. The van der Waals surface area contributed by atoms with E-state index in [1.165, 1.54) is 11.3 Å². The molecule has 0 aliphatic heterocycles. The smallest absolute Gasteiger partial charge is 0.0779 e. The molecule has 1 unspecified atom stereocenters. The Morgan fingerprint density at radius 3 is 2.57 bits per heavy atom. The van der Waals surface area contributed by atoms with Crippen LogP contribution in [0.1, 0.15) is 57.1 Å². The van der Waals surface area contributed by atoms with Crippen molar-refractivity contribution in [3.63, 3.8) is 0 Å². The first-order valence-corrected chi connectivity index (χ1v) is 8.05. The summed E-state index contributed by atoms with van der Waals surface area (Å²) in [6.07, 6.45) is 6.18. The number of nitrogens with zero attached hydrogens (tertiary/aromatic N) is 4. The normalized spacial score (nSPS) is 12.8. The zero-order valence-corrected chi connectivity index (χ0v) is 13.6. The van der Waals surface area contributed by atoms with Gasteiger partial charge < -0.3 is 5.32 Å². The maximum absolute atomic E-state index is 4.68. The van der Waals surface area contributed by atoms with Crippen molar-refractivity contribution in [3.8, 4) is 0 Å². The van der Waals surface area contributed by atoms with Crippen molar-refractivity contribution in [1.82, 2.24) is 24.9 Å². The summed E-state index contributed by atoms with van der Waals surface area (Å²) in [6.45, 7) is 11.4. The molecular weight excluding hydrogens is 262 g/mol. The molecule has 0 fully saturated rings. The molecule has 21 heavy (non-hydrogen) atoms. The highest BCUT2D eigenvalue weighted by Gasteiger charge is 2.20. The Bertz CT molecular complexity index is 555. The minimum absolute atomic E-state index is 0.165. The quantitative estimate of drug-likeness (QED) is 0.813. The molecule has 0 radical (unpaired) electrons. The summed E-state index contributed by atoms with van der Waals surface area (Å²) in [4.78, 5) is 0. The molecule has 0 aromatic carbocycles. The molecule has 2 rings (SSSR count). The van der Waals surface area contributed by atoms with Crippen LogP contribution in [0.25, 0.3) is 0 Å². The van der Waals surface area contributed by atoms with Crippen LogP contribution < -0.4 is 5.32 Å². The van der Waals surface area contributed by atoms with Crippen molar-refractivity contribution in [3.05, 3.63) is 35.4 Å². The summed E-state index contributed by atoms with van der Waals surface area (Å²) in [5, 5.41) is 12.7. The van der Waals surface area contributed by atoms with Crippen LogP contribution in [-0.4, -0.2) is 26.1 Å². The lowest BCUT2D eigenvalue weighted by molar-refractivity contribution is 0.527. The molecule has 5 nitrogen and oxygen atoms in total. The van der Waals surface area contributed by atoms with Crippen molar-refractivity contribution in [1.29, 1.82) is 0 Å². The summed E-state index contributed by atoms with van der Waals surface area (Å²) < 4.78 is 4.08. The number of aryl methyl sites for hydroxylation is 3. The van der Waals surface area contributed by atoms with E-state index in [1.54, 1.807) is 0 Å². The zero-order chi connectivity index (χ0) is 15.2. The lowest BCUT2D eigenvalue weighted by Gasteiger charge is -2.18. The number of rotatable bonds is 8. The first kappa shape index (κ1) is 15.8. The van der Waals surface area contributed by atoms with Crippen LogP contribution in [0.3, 0.4) is 0 Å². The first-order valence-electron chi connectivity index (χ1n) is 8.05. The van der Waals surface area contributed by atoms with Crippen LogP contribution in [0, 0.1) is 0 Å². The van der Waals surface area contributed by atoms with Crippen molar-refractivity contribution in [2.45, 2.75) is 59.7 Å². The molecule has 0 aliphatic rings. The second-order valence-corrected chi connectivity index (χ2v) is 5.25. The zero-order valence-electron chi connectivity index (χ0n) is 13.6. The largest absolute Gasteiger partial charge is 0.305 e. The standard InChI is InChI=1S/C16H27N5/c1-5-9-17-16(13-11-18-20(7-3)12-13)15-10-14(6-2)19-21(15)8-4/h10-12,16-17H,5-9H2,1-4H3. The summed E-state index contributed by atoms with van der Waals surface area (Å²) in [7, 11) is 0. The number of hydrogen-bond acceptors (Lipinski definition) is 3. The third-order valence-electron chi connectivity index (χ3n) is 3.73. The molecular formula is C16H27N5. The van der Waals surface area contributed by atoms with Gasteiger partial charge in [-0.15, -0.1) is 0 Å². The predicted octanol–water partition coefficient (Wildman–Crippen LogP) is 2.77. The van der Waals surface area contributed by atoms with E-state index in [9.17, 15) is 0 Å². The minimum Gasteiger partial charge on any atom is -0.305 e. The lowest BCUT2D eigenvalue weighted by atomic mass is 10.1. The van der Waals surface area contributed by atoms with Crippen molar-refractivity contribution >= 4 is 0 Å². The second kappa shape index (κ2) is 7.41. The number of nitrogens with one attached hydrogen (secondary N) is 1. The van der Waals surface area contributed by atoms with Crippen LogP contribution in [0.15, 0.2) is 18.5 Å². The highest BCUT2D eigenvalue weighted by Crippen LogP contribution is 2.23. The van der Waals surface area contributed by atoms with E-state index in [-0.39, 0.29) is 6.04 Å². The average molecular weight is 289 g/mol. The molecule has 0 bridgehead atoms. The van der Waals surface area contributed by atoms with E-state index in [2.05, 4.69) is 60.2 Å². The highest BCUT2D eigenvalue weighted by atomic mass is 15.3. The topological polar surface area (TPSA) is 47.7 Å². The fourth-order valence-electron chi connectivity index (χ4n) is 2.53. The van der Waals surface area contributed by atoms with E-state index in [0.717, 1.165) is 38.2 Å². The van der Waals surface area contributed by atoms with Gasteiger partial charge in [0.05, 0.1) is 23.6 Å². The van der Waals surface area contributed by atoms with Gasteiger partial charge in [-0.1, -0.05) is 13.8 Å². The van der Waals surface area contributed by atoms with Crippen molar-refractivity contribution < 1.29 is 0 Å². The third-order valence-corrected chi connectivity index (χ3v) is 3.73. The molecule has 2 aromatic heterocycles. The molecule has 5 heteroatoms. The second-order valence-electron chi connectivity index (χ2n) is 5.25. The Morgan fingerprint density at radius 2 is 2.00 bits per heavy atom. The first-order chi connectivity index (χ1) is 10.2. The van der Waals surface area contributed by atoms with Crippen LogP contribution >= 0.6 is 0 Å². The van der Waals surface area contributed by atoms with Crippen LogP contribution in [0.5, 0.6) is 0 Å². The van der Waals surface area contributed by atoms with Gasteiger partial charge in [0, 0.05) is 24.8 Å². The average Bonchev–Trinajstić information content (AvgIpc) is 3.14. The van der Waals surface area contributed by atoms with Gasteiger partial charge in [-0.25, -0.2) is 0 Å². The van der Waals surface area contributed by atoms with Gasteiger partial charge in [0.1, 0.15) is 0 Å². The van der Waals surface area contributed by atoms with Gasteiger partial charge in [0.25, 0.3) is 0 Å². The Hall–Kier alpha value is -1.62. The number of aromatic nitrogens is 4. The van der Waals surface area contributed by atoms with E-state index in [4.69, 9.17) is 0 Å². The Labute approximate surface area is 127 Å². The third kappa shape index (κ3) is 3.53. The molecule has 0 aliphatic carbocycles. The maximum atomic E-state index is 4.68. The van der Waals surface area contributed by atoms with Crippen molar-refractivity contribution in [2.75, 3.05) is 6.54 Å². The van der Waals surface area contributed by atoms with Gasteiger partial charge in [0.2, 0.25) is 0 Å². The minimum atomic E-state index is 0.165. The number of hydrogen-bond donors (Lipinski definition) is 1. The fourth-order valence-corrected chi connectivity index (χ4v) is 2.53. The predicted molar refractivity (Wildman–Crippen MR) is 85.3 cm³/mol. The maximum Gasteiger partial charge on any atom is 0.0779 e. The van der Waals surface area contributed by atoms with E-state index >= 15 is 0 Å². The van der Waals surface area contributed by atoms with Gasteiger partial charge in [-0.05, 0) is 39.3 Å². The lowest BCUT2D eigenvalue weighted by Crippen LogP contribution is -2.25. The van der Waals surface area contributed by atoms with Crippen LogP contribution in [0.2, 0.25) is 0 Å². The van der Waals surface area contributed by atoms with Crippen molar-refractivity contribution in [2.24, 2.45) is 0 Å². The highest BCUT2D eigenvalue weighted by molar-refractivity contribution is 5.26. The summed E-state index contributed by atoms with van der Waals surface area (Å²) in [5.41, 5.74) is 3.60. The van der Waals surface area contributed by atoms with Gasteiger partial charge in [-0.2, -0.15) is 10.2 Å². The molecule has 0 saturated carbocycles. The van der Waals surface area contributed by atoms with Gasteiger partial charge in [-0.3, -0.25) is 9.36 Å². The fraction of sp³-hybridized carbons (Fsp3) is 0.625. The molecule has 1 atom stereocenters. The Balaban J connectivity index is 2.36. The molecule has 2 heterocycles.